The molecule has 0 saturated heterocycles. The number of hydrogen-bond acceptors (Lipinski definition) is 2. The SMILES string of the molecule is CC(C)n1c(CC(=O)C(F)(F)F)nc2cccc(Cl)c21. The van der Waals surface area contributed by atoms with Crippen LogP contribution in [0.4, 0.5) is 13.2 Å². The van der Waals surface area contributed by atoms with Crippen LogP contribution in [0, 0.1) is 0 Å². The summed E-state index contributed by atoms with van der Waals surface area (Å²) in [6.07, 6.45) is -5.64. The van der Waals surface area contributed by atoms with Gasteiger partial charge in [0.25, 0.3) is 0 Å². The average Bonchev–Trinajstić information content (AvgIpc) is 2.67. The highest BCUT2D eigenvalue weighted by Crippen LogP contribution is 2.29. The number of carbonyl (C=O) groups is 1. The molecular formula is C13H12ClF3N2O. The zero-order valence-corrected chi connectivity index (χ0v) is 11.6. The number of carbonyl (C=O) groups excluding carboxylic acids is 1. The number of rotatable bonds is 3. The summed E-state index contributed by atoms with van der Waals surface area (Å²) >= 11 is 6.08. The lowest BCUT2D eigenvalue weighted by Gasteiger charge is -2.14. The first-order chi connectivity index (χ1) is 9.21. The summed E-state index contributed by atoms with van der Waals surface area (Å²) in [6.45, 7) is 3.60. The second-order valence-corrected chi connectivity index (χ2v) is 5.10. The van der Waals surface area contributed by atoms with Crippen molar-refractivity contribution in [1.82, 2.24) is 9.55 Å². The van der Waals surface area contributed by atoms with E-state index in [0.717, 1.165) is 0 Å². The van der Waals surface area contributed by atoms with Crippen molar-refractivity contribution in [1.29, 1.82) is 0 Å². The Morgan fingerprint density at radius 3 is 2.60 bits per heavy atom. The fourth-order valence-corrected chi connectivity index (χ4v) is 2.34. The highest BCUT2D eigenvalue weighted by atomic mass is 35.5. The van der Waals surface area contributed by atoms with E-state index in [1.807, 2.05) is 0 Å². The molecule has 0 amide bonds. The molecule has 0 radical (unpaired) electrons. The van der Waals surface area contributed by atoms with Crippen molar-refractivity contribution < 1.29 is 18.0 Å². The number of nitrogens with zero attached hydrogens (tertiary/aromatic N) is 2. The van der Waals surface area contributed by atoms with Crippen LogP contribution < -0.4 is 0 Å². The molecule has 0 saturated carbocycles. The number of benzene rings is 1. The highest BCUT2D eigenvalue weighted by molar-refractivity contribution is 6.35. The van der Waals surface area contributed by atoms with Crippen molar-refractivity contribution in [3.63, 3.8) is 0 Å². The van der Waals surface area contributed by atoms with Gasteiger partial charge in [-0.2, -0.15) is 13.2 Å². The third-order valence-corrected chi connectivity index (χ3v) is 3.19. The zero-order chi connectivity index (χ0) is 15.1. The minimum atomic E-state index is -4.86. The van der Waals surface area contributed by atoms with Gasteiger partial charge in [-0.15, -0.1) is 0 Å². The molecule has 2 aromatic rings. The molecule has 0 atom stereocenters. The number of halogens is 4. The Morgan fingerprint density at radius 2 is 2.05 bits per heavy atom. The standard InChI is InChI=1S/C13H12ClF3N2O/c1-7(2)19-11(6-10(20)13(15,16)17)18-9-5-3-4-8(14)12(9)19/h3-5,7H,6H2,1-2H3. The summed E-state index contributed by atoms with van der Waals surface area (Å²) in [5.74, 6) is -1.74. The lowest BCUT2D eigenvalue weighted by atomic mass is 10.2. The quantitative estimate of drug-likeness (QED) is 0.860. The number of Topliss-reactive ketones (excluding diaryl/α,β-unsaturated/α-hetero) is 1. The van der Waals surface area contributed by atoms with Crippen molar-refractivity contribution in [2.75, 3.05) is 0 Å². The Kier molecular flexibility index (Phi) is 3.77. The van der Waals surface area contributed by atoms with Gasteiger partial charge in [0.05, 0.1) is 22.5 Å². The monoisotopic (exact) mass is 304 g/mol. The maximum atomic E-state index is 12.4. The number of fused-ring (bicyclic) bond motifs is 1. The number of alkyl halides is 3. The first-order valence-corrected chi connectivity index (χ1v) is 6.35. The van der Waals surface area contributed by atoms with Gasteiger partial charge in [0, 0.05) is 6.04 Å². The van der Waals surface area contributed by atoms with Gasteiger partial charge < -0.3 is 4.57 Å². The molecule has 108 valence electrons. The molecule has 1 heterocycles. The predicted octanol–water partition coefficient (Wildman–Crippen LogP) is 3.94. The highest BCUT2D eigenvalue weighted by Gasteiger charge is 2.39. The minimum absolute atomic E-state index is 0.0745. The van der Waals surface area contributed by atoms with Crippen molar-refractivity contribution in [2.45, 2.75) is 32.5 Å². The van der Waals surface area contributed by atoms with Gasteiger partial charge in [0.15, 0.2) is 0 Å². The normalized spacial score (nSPS) is 12.3. The van der Waals surface area contributed by atoms with Crippen LogP contribution in [0.5, 0.6) is 0 Å². The molecule has 1 aromatic carbocycles. The van der Waals surface area contributed by atoms with E-state index in [4.69, 9.17) is 11.6 Å². The Labute approximate surface area is 118 Å². The van der Waals surface area contributed by atoms with Crippen molar-refractivity contribution in [3.8, 4) is 0 Å². The molecule has 0 aliphatic heterocycles. The Hall–Kier alpha value is -1.56. The molecule has 1 aromatic heterocycles. The summed E-state index contributed by atoms with van der Waals surface area (Å²) in [7, 11) is 0. The molecule has 0 spiro atoms. The average molecular weight is 305 g/mol. The van der Waals surface area contributed by atoms with E-state index in [1.165, 1.54) is 0 Å². The summed E-state index contributed by atoms with van der Waals surface area (Å²) in [4.78, 5) is 15.3. The van der Waals surface area contributed by atoms with Crippen LogP contribution in [0.2, 0.25) is 5.02 Å². The summed E-state index contributed by atoms with van der Waals surface area (Å²) in [5.41, 5.74) is 1.03. The van der Waals surface area contributed by atoms with Gasteiger partial charge >= 0.3 is 6.18 Å². The molecular weight excluding hydrogens is 293 g/mol. The van der Waals surface area contributed by atoms with E-state index < -0.39 is 18.4 Å². The molecule has 20 heavy (non-hydrogen) atoms. The molecule has 0 aliphatic carbocycles. The van der Waals surface area contributed by atoms with Gasteiger partial charge in [0.1, 0.15) is 5.82 Å². The first kappa shape index (κ1) is 14.8. The van der Waals surface area contributed by atoms with Crippen LogP contribution in [0.25, 0.3) is 11.0 Å². The molecule has 0 fully saturated rings. The topological polar surface area (TPSA) is 34.9 Å². The van der Waals surface area contributed by atoms with Crippen LogP contribution in [0.15, 0.2) is 18.2 Å². The third kappa shape index (κ3) is 2.65. The van der Waals surface area contributed by atoms with Crippen LogP contribution >= 0.6 is 11.6 Å². The number of aromatic nitrogens is 2. The Morgan fingerprint density at radius 1 is 1.40 bits per heavy atom. The summed E-state index contributed by atoms with van der Waals surface area (Å²) in [6, 6.07) is 4.80. The van der Waals surface area contributed by atoms with E-state index in [2.05, 4.69) is 4.98 Å². The van der Waals surface area contributed by atoms with E-state index in [0.29, 0.717) is 16.1 Å². The van der Waals surface area contributed by atoms with Gasteiger partial charge in [-0.1, -0.05) is 17.7 Å². The van der Waals surface area contributed by atoms with E-state index in [1.54, 1.807) is 36.6 Å². The fraction of sp³-hybridized carbons (Fsp3) is 0.385. The first-order valence-electron chi connectivity index (χ1n) is 5.97. The van der Waals surface area contributed by atoms with Crippen LogP contribution in [-0.2, 0) is 11.2 Å². The molecule has 0 N–H and O–H groups in total. The zero-order valence-electron chi connectivity index (χ0n) is 10.8. The maximum absolute atomic E-state index is 12.4. The molecule has 0 bridgehead atoms. The Bertz CT molecular complexity index is 661. The van der Waals surface area contributed by atoms with Gasteiger partial charge in [-0.05, 0) is 26.0 Å². The largest absolute Gasteiger partial charge is 0.450 e. The summed E-state index contributed by atoms with van der Waals surface area (Å²) in [5, 5.41) is 0.398. The van der Waals surface area contributed by atoms with Crippen LogP contribution in [0.3, 0.4) is 0 Å². The maximum Gasteiger partial charge on any atom is 0.450 e. The van der Waals surface area contributed by atoms with E-state index in [-0.39, 0.29) is 11.9 Å². The van der Waals surface area contributed by atoms with E-state index in [9.17, 15) is 18.0 Å². The number of imidazole rings is 1. The molecule has 3 nitrogen and oxygen atoms in total. The van der Waals surface area contributed by atoms with Crippen LogP contribution in [-0.4, -0.2) is 21.5 Å². The molecule has 0 unspecified atom stereocenters. The van der Waals surface area contributed by atoms with Gasteiger partial charge in [-0.3, -0.25) is 4.79 Å². The number of para-hydroxylation sites is 1. The van der Waals surface area contributed by atoms with Crippen molar-refractivity contribution >= 4 is 28.4 Å². The smallest absolute Gasteiger partial charge is 0.324 e. The van der Waals surface area contributed by atoms with Gasteiger partial charge in [-0.25, -0.2) is 4.98 Å². The Balaban J connectivity index is 2.56. The van der Waals surface area contributed by atoms with Crippen LogP contribution in [0.1, 0.15) is 25.7 Å². The predicted molar refractivity (Wildman–Crippen MR) is 69.9 cm³/mol. The number of hydrogen-bond donors (Lipinski definition) is 0. The lowest BCUT2D eigenvalue weighted by Crippen LogP contribution is -2.26. The number of ketones is 1. The second-order valence-electron chi connectivity index (χ2n) is 4.70. The van der Waals surface area contributed by atoms with E-state index >= 15 is 0 Å². The lowest BCUT2D eigenvalue weighted by molar-refractivity contribution is -0.170. The second kappa shape index (κ2) is 5.09. The third-order valence-electron chi connectivity index (χ3n) is 2.89. The van der Waals surface area contributed by atoms with Gasteiger partial charge in [0.2, 0.25) is 5.78 Å². The fourth-order valence-electron chi connectivity index (χ4n) is 2.08. The molecule has 0 aliphatic rings. The summed E-state index contributed by atoms with van der Waals surface area (Å²) < 4.78 is 38.7. The molecule has 7 heteroatoms. The molecule has 2 rings (SSSR count). The van der Waals surface area contributed by atoms with Crippen molar-refractivity contribution in [2.24, 2.45) is 0 Å². The van der Waals surface area contributed by atoms with Crippen molar-refractivity contribution in [3.05, 3.63) is 29.0 Å². The minimum Gasteiger partial charge on any atom is -0.324 e.